The molecule has 9 heteroatoms. The van der Waals surface area contributed by atoms with E-state index in [1.54, 1.807) is 6.08 Å². The molecule has 8 nitrogen and oxygen atoms in total. The summed E-state index contributed by atoms with van der Waals surface area (Å²) < 4.78 is 26.2. The van der Waals surface area contributed by atoms with E-state index in [1.807, 2.05) is 12.2 Å². The van der Waals surface area contributed by atoms with Crippen molar-refractivity contribution in [3.8, 4) is 0 Å². The Balaban J connectivity index is 4.00. The highest BCUT2D eigenvalue weighted by molar-refractivity contribution is 7.46. The van der Waals surface area contributed by atoms with Gasteiger partial charge in [-0.1, -0.05) is 190 Å². The quantitative estimate of drug-likeness (QED) is 0.0279. The fraction of sp³-hybridized carbons (Fsp3) is 0.721. The van der Waals surface area contributed by atoms with Gasteiger partial charge >= 0.3 is 19.8 Å². The van der Waals surface area contributed by atoms with Crippen molar-refractivity contribution in [3.05, 3.63) is 60.8 Å². The van der Waals surface area contributed by atoms with Gasteiger partial charge in [0.05, 0.1) is 13.0 Å². The van der Waals surface area contributed by atoms with Crippen molar-refractivity contribution in [2.24, 2.45) is 0 Å². The molecular weight excluding hydrogens is 675 g/mol. The summed E-state index contributed by atoms with van der Waals surface area (Å²) in [6.07, 6.45) is 48.3. The molecule has 0 aliphatic carbocycles. The molecule has 0 saturated heterocycles. The van der Waals surface area contributed by atoms with Crippen molar-refractivity contribution in [1.29, 1.82) is 0 Å². The molecule has 0 bridgehead atoms. The molecule has 52 heavy (non-hydrogen) atoms. The number of hydrogen-bond donors (Lipinski definition) is 2. The molecule has 0 aromatic heterocycles. The average molecular weight is 751 g/mol. The van der Waals surface area contributed by atoms with Crippen molar-refractivity contribution in [3.63, 3.8) is 0 Å². The zero-order valence-corrected chi connectivity index (χ0v) is 33.8. The van der Waals surface area contributed by atoms with Crippen molar-refractivity contribution in [1.82, 2.24) is 0 Å². The van der Waals surface area contributed by atoms with Crippen molar-refractivity contribution in [2.45, 2.75) is 187 Å². The van der Waals surface area contributed by atoms with Crippen LogP contribution in [-0.2, 0) is 28.2 Å². The second-order valence-corrected chi connectivity index (χ2v) is 14.8. The maximum atomic E-state index is 12.3. The molecular formula is C43H75O8P. The van der Waals surface area contributed by atoms with Gasteiger partial charge in [-0.15, -0.1) is 0 Å². The summed E-state index contributed by atoms with van der Waals surface area (Å²) in [6.45, 7) is 3.49. The van der Waals surface area contributed by atoms with Crippen molar-refractivity contribution < 1.29 is 37.9 Å². The number of esters is 2. The lowest BCUT2D eigenvalue weighted by Gasteiger charge is -2.18. The minimum atomic E-state index is -4.78. The molecule has 300 valence electrons. The Morgan fingerprint density at radius 2 is 0.904 bits per heavy atom. The van der Waals surface area contributed by atoms with E-state index >= 15 is 0 Å². The Bertz CT molecular complexity index is 1030. The van der Waals surface area contributed by atoms with Crippen LogP contribution in [0.3, 0.4) is 0 Å². The Morgan fingerprint density at radius 3 is 1.31 bits per heavy atom. The van der Waals surface area contributed by atoms with Crippen molar-refractivity contribution in [2.75, 3.05) is 13.2 Å². The number of ether oxygens (including phenoxy) is 2. The average Bonchev–Trinajstić information content (AvgIpc) is 3.11. The van der Waals surface area contributed by atoms with E-state index in [2.05, 4.69) is 60.9 Å². The first-order chi connectivity index (χ1) is 25.3. The van der Waals surface area contributed by atoms with E-state index in [1.165, 1.54) is 103 Å². The second kappa shape index (κ2) is 38.5. The molecule has 0 aromatic carbocycles. The van der Waals surface area contributed by atoms with Crippen LogP contribution in [-0.4, -0.2) is 41.0 Å². The molecule has 2 N–H and O–H groups in total. The minimum Gasteiger partial charge on any atom is -0.462 e. The third-order valence-corrected chi connectivity index (χ3v) is 9.07. The molecule has 0 rings (SSSR count). The summed E-state index contributed by atoms with van der Waals surface area (Å²) in [5.74, 6) is -1.03. The maximum absolute atomic E-state index is 12.3. The van der Waals surface area contributed by atoms with Gasteiger partial charge in [-0.25, -0.2) is 4.57 Å². The number of phosphoric ester groups is 1. The molecule has 0 spiro atoms. The summed E-state index contributed by atoms with van der Waals surface area (Å²) in [5.41, 5.74) is 0. The summed E-state index contributed by atoms with van der Waals surface area (Å²) in [5, 5.41) is 0. The largest absolute Gasteiger partial charge is 0.469 e. The minimum absolute atomic E-state index is 0.0206. The SMILES string of the molecule is CC/C=C\C/C=C\C/C=C\C/C=C\C/C=C\CC(=O)OC(COC(=O)CCCCCCCCCCCCCCCCCCCCC)COP(=O)(O)O. The third kappa shape index (κ3) is 40.5. The molecule has 0 heterocycles. The third-order valence-electron chi connectivity index (χ3n) is 8.58. The lowest BCUT2D eigenvalue weighted by Crippen LogP contribution is -2.29. The molecule has 0 saturated carbocycles. The van der Waals surface area contributed by atoms with Crippen LogP contribution >= 0.6 is 7.82 Å². The van der Waals surface area contributed by atoms with Crippen LogP contribution in [0.5, 0.6) is 0 Å². The van der Waals surface area contributed by atoms with Crippen LogP contribution in [0.25, 0.3) is 0 Å². The van der Waals surface area contributed by atoms with Gasteiger partial charge in [0.25, 0.3) is 0 Å². The zero-order valence-electron chi connectivity index (χ0n) is 32.9. The summed E-state index contributed by atoms with van der Waals surface area (Å²) >= 11 is 0. The number of rotatable bonds is 37. The van der Waals surface area contributed by atoms with Gasteiger partial charge in [0.2, 0.25) is 0 Å². The van der Waals surface area contributed by atoms with E-state index in [0.29, 0.717) is 12.8 Å². The highest BCUT2D eigenvalue weighted by atomic mass is 31.2. The number of unbranched alkanes of at least 4 members (excludes halogenated alkanes) is 18. The fourth-order valence-corrected chi connectivity index (χ4v) is 5.93. The molecule has 0 aromatic rings. The van der Waals surface area contributed by atoms with E-state index in [0.717, 1.165) is 38.5 Å². The number of allylic oxidation sites excluding steroid dienone is 9. The van der Waals surface area contributed by atoms with E-state index in [4.69, 9.17) is 19.3 Å². The predicted octanol–water partition coefficient (Wildman–Crippen LogP) is 12.5. The standard InChI is InChI=1S/C43H75O8P/c1-3-5-7-9-11-13-15-17-19-20-21-22-24-25-27-29-31-33-35-37-42(44)49-39-41(40-50-52(46,47)48)51-43(45)38-36-34-32-30-28-26-23-18-16-14-12-10-8-6-4-2/h6,8,12,14,18,23,28,30,34,36,41H,3-5,7,9-11,13,15-17,19-22,24-27,29,31-33,35,37-40H2,1-2H3,(H2,46,47,48)/b8-6-,14-12-,23-18-,30-28-,36-34-. The van der Waals surface area contributed by atoms with Gasteiger partial charge < -0.3 is 19.3 Å². The number of phosphoric acid groups is 1. The Labute approximate surface area is 317 Å². The highest BCUT2D eigenvalue weighted by Gasteiger charge is 2.22. The molecule has 1 atom stereocenters. The topological polar surface area (TPSA) is 119 Å². The Kier molecular flexibility index (Phi) is 36.8. The summed E-state index contributed by atoms with van der Waals surface area (Å²) in [4.78, 5) is 42.7. The maximum Gasteiger partial charge on any atom is 0.469 e. The summed E-state index contributed by atoms with van der Waals surface area (Å²) in [6, 6.07) is 0. The summed E-state index contributed by atoms with van der Waals surface area (Å²) in [7, 11) is -4.78. The molecule has 0 aliphatic heterocycles. The molecule has 0 amide bonds. The van der Waals surface area contributed by atoms with Gasteiger partial charge in [0, 0.05) is 6.42 Å². The zero-order chi connectivity index (χ0) is 38.2. The monoisotopic (exact) mass is 751 g/mol. The first-order valence-corrected chi connectivity index (χ1v) is 22.1. The van der Waals surface area contributed by atoms with Crippen LogP contribution < -0.4 is 0 Å². The molecule has 0 aliphatic rings. The van der Waals surface area contributed by atoms with E-state index in [9.17, 15) is 14.2 Å². The fourth-order valence-electron chi connectivity index (χ4n) is 5.57. The van der Waals surface area contributed by atoms with Gasteiger partial charge in [0.1, 0.15) is 6.61 Å². The van der Waals surface area contributed by atoms with Gasteiger partial charge in [-0.05, 0) is 38.5 Å². The Morgan fingerprint density at radius 1 is 0.519 bits per heavy atom. The van der Waals surface area contributed by atoms with Crippen LogP contribution in [0.1, 0.15) is 181 Å². The number of hydrogen-bond acceptors (Lipinski definition) is 6. The number of carbonyl (C=O) groups excluding carboxylic acids is 2. The predicted molar refractivity (Wildman–Crippen MR) is 216 cm³/mol. The molecule has 1 unspecified atom stereocenters. The molecule has 0 radical (unpaired) electrons. The van der Waals surface area contributed by atoms with E-state index < -0.39 is 32.5 Å². The van der Waals surface area contributed by atoms with Gasteiger partial charge in [0.15, 0.2) is 6.10 Å². The first-order valence-electron chi connectivity index (χ1n) is 20.6. The van der Waals surface area contributed by atoms with Gasteiger partial charge in [-0.2, -0.15) is 0 Å². The lowest BCUT2D eigenvalue weighted by molar-refractivity contribution is -0.160. The van der Waals surface area contributed by atoms with Crippen LogP contribution in [0.15, 0.2) is 60.8 Å². The second-order valence-electron chi connectivity index (χ2n) is 13.6. The Hall–Kier alpha value is -2.25. The van der Waals surface area contributed by atoms with E-state index in [-0.39, 0.29) is 19.4 Å². The first kappa shape index (κ1) is 49.8. The normalized spacial score (nSPS) is 13.1. The van der Waals surface area contributed by atoms with Crippen LogP contribution in [0.2, 0.25) is 0 Å². The van der Waals surface area contributed by atoms with Gasteiger partial charge in [-0.3, -0.25) is 14.1 Å². The highest BCUT2D eigenvalue weighted by Crippen LogP contribution is 2.36. The lowest BCUT2D eigenvalue weighted by atomic mass is 10.0. The molecule has 0 fully saturated rings. The van der Waals surface area contributed by atoms with Crippen molar-refractivity contribution >= 4 is 19.8 Å². The smallest absolute Gasteiger partial charge is 0.462 e. The van der Waals surface area contributed by atoms with Crippen LogP contribution in [0.4, 0.5) is 0 Å². The van der Waals surface area contributed by atoms with Crippen LogP contribution in [0, 0.1) is 0 Å². The number of carbonyl (C=O) groups is 2.